The van der Waals surface area contributed by atoms with Crippen LogP contribution in [0.25, 0.3) is 37.4 Å². The monoisotopic (exact) mass is 1660 g/mol. The minimum atomic E-state index is -4.63. The first-order valence-corrected chi connectivity index (χ1v) is 41.2. The highest BCUT2D eigenvalue weighted by molar-refractivity contribution is 7.26. The number of halogens is 6. The van der Waals surface area contributed by atoms with E-state index in [1.165, 1.54) is 6.08 Å². The second kappa shape index (κ2) is 35.7. The number of nitrogens with zero attached hydrogens (tertiary/aromatic N) is 5. The van der Waals surface area contributed by atoms with Gasteiger partial charge in [-0.05, 0) is 202 Å². The first-order valence-electron chi connectivity index (χ1n) is 40.4. The van der Waals surface area contributed by atoms with Crippen LogP contribution in [0.5, 0.6) is 0 Å². The van der Waals surface area contributed by atoms with E-state index >= 15 is 17.3 Å². The molecule has 0 N–H and O–H groups in total. The Balaban J connectivity index is 0.000000132. The van der Waals surface area contributed by atoms with Gasteiger partial charge in [-0.3, -0.25) is 0 Å². The summed E-state index contributed by atoms with van der Waals surface area (Å²) < 4.78 is 123. The molecule has 0 aliphatic carbocycles. The Hall–Kier alpha value is -15.1. The summed E-state index contributed by atoms with van der Waals surface area (Å²) in [7, 11) is -9.97. The fourth-order valence-electron chi connectivity index (χ4n) is 15.2. The molecule has 16 aromatic rings. The van der Waals surface area contributed by atoms with Gasteiger partial charge in [0.2, 0.25) is 0 Å². The van der Waals surface area contributed by atoms with Gasteiger partial charge in [0, 0.05) is 125 Å². The number of thiophene rings is 1. The van der Waals surface area contributed by atoms with E-state index in [4.69, 9.17) is 27.0 Å². The molecule has 0 fully saturated rings. The van der Waals surface area contributed by atoms with E-state index in [2.05, 4.69) is 62.1 Å². The maximum Gasteiger partial charge on any atom is 0.995 e. The predicted octanol–water partition coefficient (Wildman–Crippen LogP) is 28.5. The average Bonchev–Trinajstić information content (AvgIpc) is 1.56. The molecule has 0 amide bonds. The van der Waals surface area contributed by atoms with Crippen molar-refractivity contribution in [2.45, 2.75) is 13.8 Å². The lowest BCUT2D eigenvalue weighted by atomic mass is 9.98. The van der Waals surface area contributed by atoms with Crippen LogP contribution in [0.4, 0.5) is 99.8 Å². The summed E-state index contributed by atoms with van der Waals surface area (Å²) in [4.78, 5) is 10.3. The third-order valence-corrected chi connectivity index (χ3v) is 22.0. The molecule has 21 heteroatoms. The van der Waals surface area contributed by atoms with Gasteiger partial charge < -0.3 is 77.4 Å². The highest BCUT2D eigenvalue weighted by Crippen LogP contribution is 2.48. The zero-order chi connectivity index (χ0) is 85.3. The van der Waals surface area contributed by atoms with Crippen LogP contribution in [-0.2, 0) is 14.0 Å². The molecule has 0 saturated heterocycles. The first kappa shape index (κ1) is 81.3. The fourth-order valence-corrected chi connectivity index (χ4v) is 16.3. The van der Waals surface area contributed by atoms with E-state index in [9.17, 15) is 8.63 Å². The van der Waals surface area contributed by atoms with E-state index in [0.29, 0.717) is 33.4 Å². The summed E-state index contributed by atoms with van der Waals surface area (Å²) >= 11 is 1.63. The lowest BCUT2D eigenvalue weighted by Crippen LogP contribution is -2.31. The molecule has 1 aromatic heterocycles. The van der Waals surface area contributed by atoms with Gasteiger partial charge in [-0.1, -0.05) is 217 Å². The third kappa shape index (κ3) is 18.6. The lowest BCUT2D eigenvalue weighted by molar-refractivity contribution is -0.184. The summed E-state index contributed by atoms with van der Waals surface area (Å²) in [5, 5.41) is 1.86. The molecule has 4 heterocycles. The third-order valence-electron chi connectivity index (χ3n) is 20.9. The van der Waals surface area contributed by atoms with Crippen LogP contribution in [-0.4, -0.2) is 52.8 Å². The number of allylic oxidation sites excluding steroid dienone is 3. The highest BCUT2D eigenvalue weighted by Gasteiger charge is 2.55. The van der Waals surface area contributed by atoms with Gasteiger partial charge in [-0.2, -0.15) is 0 Å². The van der Waals surface area contributed by atoms with Crippen molar-refractivity contribution in [3.05, 3.63) is 457 Å². The summed E-state index contributed by atoms with van der Waals surface area (Å²) in [5.74, 6) is 0.338. The lowest BCUT2D eigenvalue weighted by Gasteiger charge is -2.31. The van der Waals surface area contributed by atoms with Crippen molar-refractivity contribution >= 4 is 161 Å². The van der Waals surface area contributed by atoms with Crippen LogP contribution in [0.15, 0.2) is 413 Å². The maximum absolute atomic E-state index is 15.2. The van der Waals surface area contributed by atoms with E-state index in [-0.39, 0.29) is 34.6 Å². The molecule has 15 aromatic carbocycles. The van der Waals surface area contributed by atoms with Crippen LogP contribution in [0.1, 0.15) is 57.5 Å². The molecule has 0 spiro atoms. The Bertz CT molecular complexity index is 6420. The zero-order valence-electron chi connectivity index (χ0n) is 67.9. The summed E-state index contributed by atoms with van der Waals surface area (Å²) in [5.41, 5.74) is 17.0. The number of para-hydroxylation sites is 6. The Morgan fingerprint density at radius 1 is 0.250 bits per heavy atom. The molecule has 0 unspecified atom stereocenters. The second-order valence-electron chi connectivity index (χ2n) is 29.9. The smallest absolute Gasteiger partial charge is 0.569 e. The number of fused-ring (bicyclic) bond motifs is 3. The van der Waals surface area contributed by atoms with Crippen LogP contribution in [0.2, 0.25) is 0 Å². The molecule has 124 heavy (non-hydrogen) atoms. The van der Waals surface area contributed by atoms with Gasteiger partial charge >= 0.3 is 21.3 Å². The van der Waals surface area contributed by atoms with Crippen molar-refractivity contribution in [3.8, 4) is 0 Å². The molecule has 0 atom stereocenters. The molecule has 3 aliphatic heterocycles. The number of rotatable bonds is 19. The summed E-state index contributed by atoms with van der Waals surface area (Å²) in [6.07, 6.45) is 4.66. The predicted molar refractivity (Wildman–Crippen MR) is 498 cm³/mol. The summed E-state index contributed by atoms with van der Waals surface area (Å²) in [6, 6.07) is 127. The number of benzene rings is 15. The van der Waals surface area contributed by atoms with Crippen molar-refractivity contribution < 1.29 is 52.9 Å². The molecule has 0 bridgehead atoms. The van der Waals surface area contributed by atoms with Gasteiger partial charge in [0.05, 0.1) is 52.2 Å². The van der Waals surface area contributed by atoms with Crippen LogP contribution in [0, 0.1) is 13.8 Å². The number of ketones is 3. The van der Waals surface area contributed by atoms with Gasteiger partial charge in [-0.15, -0.1) is 11.3 Å². The molecule has 0 radical (unpaired) electrons. The zero-order valence-corrected chi connectivity index (χ0v) is 68.7. The van der Waals surface area contributed by atoms with Gasteiger partial charge in [0.15, 0.2) is 0 Å². The molecular formula is C103H80B3F6N5O6S. The minimum Gasteiger partial charge on any atom is -0.569 e. The largest absolute Gasteiger partial charge is 0.995 e. The van der Waals surface area contributed by atoms with Crippen molar-refractivity contribution in [1.82, 2.24) is 0 Å². The minimum absolute atomic E-state index is 0.0142. The number of aryl methyl sites for hydroxylation is 2. The molecular weight excluding hydrogens is 1580 g/mol. The van der Waals surface area contributed by atoms with Gasteiger partial charge in [0.1, 0.15) is 0 Å². The van der Waals surface area contributed by atoms with Crippen molar-refractivity contribution in [2.75, 3.05) is 38.6 Å². The molecule has 610 valence electrons. The van der Waals surface area contributed by atoms with Crippen molar-refractivity contribution in [2.24, 2.45) is 0 Å². The van der Waals surface area contributed by atoms with Crippen LogP contribution < -0.4 is 24.5 Å². The number of anilines is 13. The van der Waals surface area contributed by atoms with Crippen molar-refractivity contribution in [1.29, 1.82) is 0 Å². The molecule has 11 nitrogen and oxygen atoms in total. The van der Waals surface area contributed by atoms with Crippen LogP contribution >= 0.6 is 11.3 Å². The quantitative estimate of drug-likeness (QED) is 0.0450. The maximum atomic E-state index is 15.2. The molecule has 0 saturated carbocycles. The number of hydrogen-bond donors (Lipinski definition) is 0. The standard InChI is InChI=1S/C39H29BF2N2O2.C33H22BF2NO2S.C31H29BF2N2O2/c41-40(42)45-38(30-16-6-1-7-17-30)29-39(46-40)31-26-36(43(32-18-8-2-9-19-32)33-20-10-3-11-21-33)28-37(27-31)44(34-22-12-4-13-23-34)35-24-14-5-15-25-35;35-34(36)38-29(23-12-4-1-5-13-23)22-30(39-34)28-20-26(21-32-33(28)27-18-10-11-19-31(27)40-32)37(24-14-6-2-7-15-24)25-16-8-3-9-17-25;1-22-11-15-26(16-12-22)36(27-17-13-23(2)14-18-27)29-10-6-8-25(20-29)31-21-30(37-32(33,34)38-31)24-7-5-9-28(19-24)35(3)4/h1-29H;1-22H;5-21H,1-4H3. The Morgan fingerprint density at radius 3 is 0.968 bits per heavy atom. The number of hydrogen-bond acceptors (Lipinski definition) is 9. The summed E-state index contributed by atoms with van der Waals surface area (Å²) in [6.45, 7) is 4.08. The van der Waals surface area contributed by atoms with Crippen molar-refractivity contribution in [3.63, 3.8) is 0 Å². The Kier molecular flexibility index (Phi) is 23.4. The van der Waals surface area contributed by atoms with E-state index in [0.717, 1.165) is 105 Å². The van der Waals surface area contributed by atoms with Crippen LogP contribution in [0.3, 0.4) is 0 Å². The van der Waals surface area contributed by atoms with E-state index in [1.54, 1.807) is 84.2 Å². The first-order chi connectivity index (χ1) is 60.3. The SMILES string of the molecule is Cc1ccc(N(c2ccc(C)cc2)c2cccc(C3=[O+][B-](F)(F)OC(c4cccc(N(C)C)c4)=C3)c2)cc1.F[B-]1(F)OC(c2cc(N(c3ccccc3)c3ccccc3)cc(N(c3ccccc3)c3ccccc3)c2)=CC(c2ccccc2)=[O+]1.F[B-]1(F)OC(c2cc(N(c3ccccc3)c3ccccc3)cc3sc4ccccc4c23)=CC(c2ccccc2)=[O+]1. The molecule has 19 rings (SSSR count). The average molecular weight is 1660 g/mol. The van der Waals surface area contributed by atoms with Gasteiger partial charge in [-0.25, -0.2) is 0 Å². The van der Waals surface area contributed by atoms with E-state index < -0.39 is 21.3 Å². The molecule has 3 aliphatic rings. The Labute approximate surface area is 719 Å². The second-order valence-corrected chi connectivity index (χ2v) is 31.0. The highest BCUT2D eigenvalue weighted by atomic mass is 32.1. The van der Waals surface area contributed by atoms with E-state index in [1.807, 2.05) is 324 Å². The fraction of sp³-hybridized carbons (Fsp3) is 0.0388. The normalized spacial score (nSPS) is 14.1. The Morgan fingerprint density at radius 2 is 0.548 bits per heavy atom. The number of carbonyl (C=O) groups excluding carboxylic acids is 3. The van der Waals surface area contributed by atoms with Gasteiger partial charge in [0.25, 0.3) is 17.3 Å². The topological polar surface area (TPSA) is 77.8 Å².